The van der Waals surface area contributed by atoms with E-state index in [1.54, 1.807) is 0 Å². The quantitative estimate of drug-likeness (QED) is 0.790. The minimum atomic E-state index is -0.219. The van der Waals surface area contributed by atoms with Crippen molar-refractivity contribution < 1.29 is 4.74 Å². The van der Waals surface area contributed by atoms with Crippen LogP contribution in [0, 0.1) is 6.92 Å². The van der Waals surface area contributed by atoms with Gasteiger partial charge in [0, 0.05) is 0 Å². The van der Waals surface area contributed by atoms with E-state index in [0.717, 1.165) is 22.3 Å². The Balaban J connectivity index is 1.99. The Morgan fingerprint density at radius 3 is 2.60 bits per heavy atom. The van der Waals surface area contributed by atoms with Crippen LogP contribution in [0.1, 0.15) is 18.7 Å². The number of fused-ring (bicyclic) bond motifs is 1. The Hall–Kier alpha value is -2.49. The van der Waals surface area contributed by atoms with Crippen LogP contribution in [0.5, 0.6) is 5.75 Å². The van der Waals surface area contributed by atoms with Gasteiger partial charge in [-0.3, -0.25) is 4.57 Å². The predicted octanol–water partition coefficient (Wildman–Crippen LogP) is 3.52. The van der Waals surface area contributed by atoms with E-state index in [1.807, 2.05) is 66.9 Å². The standard InChI is InChI=1S/C16H17N3O/c1-11-7-3-6-10-15(11)20-12(2)19-14-9-5-4-8-13(14)18-16(19)17/h3-10,12H,1-2H3,(H2,17,18). The Labute approximate surface area is 117 Å². The number of anilines is 1. The molecule has 0 bridgehead atoms. The van der Waals surface area contributed by atoms with Gasteiger partial charge in [-0.25, -0.2) is 4.98 Å². The molecule has 1 aromatic heterocycles. The molecule has 2 aromatic carbocycles. The monoisotopic (exact) mass is 267 g/mol. The van der Waals surface area contributed by atoms with E-state index in [1.165, 1.54) is 0 Å². The maximum Gasteiger partial charge on any atom is 0.204 e. The lowest BCUT2D eigenvalue weighted by molar-refractivity contribution is 0.158. The Kier molecular flexibility index (Phi) is 3.06. The molecule has 0 aliphatic carbocycles. The maximum absolute atomic E-state index is 6.02. The summed E-state index contributed by atoms with van der Waals surface area (Å²) < 4.78 is 7.93. The summed E-state index contributed by atoms with van der Waals surface area (Å²) in [6.45, 7) is 3.99. The van der Waals surface area contributed by atoms with E-state index in [9.17, 15) is 0 Å². The van der Waals surface area contributed by atoms with Crippen LogP contribution in [-0.2, 0) is 0 Å². The van der Waals surface area contributed by atoms with Gasteiger partial charge >= 0.3 is 0 Å². The van der Waals surface area contributed by atoms with E-state index in [0.29, 0.717) is 5.95 Å². The summed E-state index contributed by atoms with van der Waals surface area (Å²) in [5.74, 6) is 1.32. The SMILES string of the molecule is Cc1ccccc1OC(C)n1c(N)nc2ccccc21. The van der Waals surface area contributed by atoms with Gasteiger partial charge in [0.2, 0.25) is 5.95 Å². The molecule has 3 rings (SSSR count). The lowest BCUT2D eigenvalue weighted by Crippen LogP contribution is -2.15. The molecule has 0 amide bonds. The van der Waals surface area contributed by atoms with E-state index in [2.05, 4.69) is 4.98 Å². The van der Waals surface area contributed by atoms with Gasteiger partial charge in [-0.15, -0.1) is 0 Å². The van der Waals surface area contributed by atoms with Crippen molar-refractivity contribution in [3.63, 3.8) is 0 Å². The van der Waals surface area contributed by atoms with E-state index >= 15 is 0 Å². The zero-order chi connectivity index (χ0) is 14.1. The van der Waals surface area contributed by atoms with Crippen LogP contribution in [-0.4, -0.2) is 9.55 Å². The third kappa shape index (κ3) is 2.09. The first-order valence-corrected chi connectivity index (χ1v) is 6.61. The van der Waals surface area contributed by atoms with Crippen molar-refractivity contribution in [3.8, 4) is 5.75 Å². The van der Waals surface area contributed by atoms with Crippen LogP contribution in [0.4, 0.5) is 5.95 Å². The number of aromatic nitrogens is 2. The Bertz CT molecular complexity index is 748. The average molecular weight is 267 g/mol. The Morgan fingerprint density at radius 1 is 1.10 bits per heavy atom. The number of hydrogen-bond acceptors (Lipinski definition) is 3. The van der Waals surface area contributed by atoms with Gasteiger partial charge < -0.3 is 10.5 Å². The number of nitrogens with zero attached hydrogens (tertiary/aromatic N) is 2. The van der Waals surface area contributed by atoms with Crippen molar-refractivity contribution in [2.75, 3.05) is 5.73 Å². The first-order valence-electron chi connectivity index (χ1n) is 6.61. The van der Waals surface area contributed by atoms with Crippen molar-refractivity contribution in [3.05, 3.63) is 54.1 Å². The topological polar surface area (TPSA) is 53.1 Å². The third-order valence-electron chi connectivity index (χ3n) is 3.38. The molecule has 0 radical (unpaired) electrons. The van der Waals surface area contributed by atoms with E-state index in [-0.39, 0.29) is 6.23 Å². The number of nitrogen functional groups attached to an aromatic ring is 1. The number of nitrogens with two attached hydrogens (primary N) is 1. The van der Waals surface area contributed by atoms with Gasteiger partial charge in [-0.2, -0.15) is 0 Å². The number of rotatable bonds is 3. The molecule has 1 heterocycles. The van der Waals surface area contributed by atoms with Gasteiger partial charge in [0.15, 0.2) is 6.23 Å². The van der Waals surface area contributed by atoms with Gasteiger partial charge in [0.1, 0.15) is 5.75 Å². The average Bonchev–Trinajstić information content (AvgIpc) is 2.77. The van der Waals surface area contributed by atoms with Crippen LogP contribution in [0.25, 0.3) is 11.0 Å². The molecule has 4 nitrogen and oxygen atoms in total. The first-order chi connectivity index (χ1) is 9.66. The second kappa shape index (κ2) is 4.89. The molecular weight excluding hydrogens is 250 g/mol. The summed E-state index contributed by atoms with van der Waals surface area (Å²) in [5.41, 5.74) is 8.97. The van der Waals surface area contributed by atoms with Crippen molar-refractivity contribution >= 4 is 17.0 Å². The molecule has 102 valence electrons. The number of imidazole rings is 1. The molecule has 20 heavy (non-hydrogen) atoms. The highest BCUT2D eigenvalue weighted by molar-refractivity contribution is 5.78. The minimum Gasteiger partial charge on any atom is -0.470 e. The molecule has 0 saturated heterocycles. The number of ether oxygens (including phenoxy) is 1. The number of hydrogen-bond donors (Lipinski definition) is 1. The van der Waals surface area contributed by atoms with Crippen molar-refractivity contribution in [2.45, 2.75) is 20.1 Å². The van der Waals surface area contributed by atoms with Crippen LogP contribution < -0.4 is 10.5 Å². The largest absolute Gasteiger partial charge is 0.470 e. The Morgan fingerprint density at radius 2 is 1.80 bits per heavy atom. The summed E-state index contributed by atoms with van der Waals surface area (Å²) in [7, 11) is 0. The molecule has 0 fully saturated rings. The molecule has 1 atom stereocenters. The van der Waals surface area contributed by atoms with Gasteiger partial charge in [-0.1, -0.05) is 30.3 Å². The van der Waals surface area contributed by atoms with E-state index < -0.39 is 0 Å². The highest BCUT2D eigenvalue weighted by Crippen LogP contribution is 2.26. The molecule has 2 N–H and O–H groups in total. The molecule has 0 spiro atoms. The fraction of sp³-hybridized carbons (Fsp3) is 0.188. The summed E-state index contributed by atoms with van der Waals surface area (Å²) >= 11 is 0. The van der Waals surface area contributed by atoms with Crippen molar-refractivity contribution in [2.24, 2.45) is 0 Å². The van der Waals surface area contributed by atoms with Crippen LogP contribution in [0.3, 0.4) is 0 Å². The molecule has 4 heteroatoms. The lowest BCUT2D eigenvalue weighted by atomic mass is 10.2. The molecule has 0 saturated carbocycles. The highest BCUT2D eigenvalue weighted by Gasteiger charge is 2.15. The fourth-order valence-corrected chi connectivity index (χ4v) is 2.37. The van der Waals surface area contributed by atoms with E-state index in [4.69, 9.17) is 10.5 Å². The third-order valence-corrected chi connectivity index (χ3v) is 3.38. The molecular formula is C16H17N3O. The second-order valence-electron chi connectivity index (χ2n) is 4.81. The minimum absolute atomic E-state index is 0.219. The summed E-state index contributed by atoms with van der Waals surface area (Å²) in [6.07, 6.45) is -0.219. The summed E-state index contributed by atoms with van der Waals surface area (Å²) in [4.78, 5) is 4.36. The number of aryl methyl sites for hydroxylation is 1. The fourth-order valence-electron chi connectivity index (χ4n) is 2.37. The molecule has 0 aliphatic heterocycles. The zero-order valence-electron chi connectivity index (χ0n) is 11.6. The maximum atomic E-state index is 6.02. The van der Waals surface area contributed by atoms with Gasteiger partial charge in [0.05, 0.1) is 11.0 Å². The van der Waals surface area contributed by atoms with Crippen LogP contribution >= 0.6 is 0 Å². The van der Waals surface area contributed by atoms with Crippen molar-refractivity contribution in [1.29, 1.82) is 0 Å². The smallest absolute Gasteiger partial charge is 0.204 e. The van der Waals surface area contributed by atoms with Crippen LogP contribution in [0.15, 0.2) is 48.5 Å². The van der Waals surface area contributed by atoms with Gasteiger partial charge in [-0.05, 0) is 37.6 Å². The van der Waals surface area contributed by atoms with Crippen molar-refractivity contribution in [1.82, 2.24) is 9.55 Å². The normalized spacial score (nSPS) is 12.5. The summed E-state index contributed by atoms with van der Waals surface area (Å²) in [5, 5.41) is 0. The molecule has 1 unspecified atom stereocenters. The van der Waals surface area contributed by atoms with Crippen LogP contribution in [0.2, 0.25) is 0 Å². The van der Waals surface area contributed by atoms with Gasteiger partial charge in [0.25, 0.3) is 0 Å². The zero-order valence-corrected chi connectivity index (χ0v) is 11.6. The highest BCUT2D eigenvalue weighted by atomic mass is 16.5. The lowest BCUT2D eigenvalue weighted by Gasteiger charge is -2.19. The second-order valence-corrected chi connectivity index (χ2v) is 4.81. The molecule has 0 aliphatic rings. The first kappa shape index (κ1) is 12.5. The molecule has 3 aromatic rings. The number of para-hydroxylation sites is 3. The number of benzene rings is 2. The predicted molar refractivity (Wildman–Crippen MR) is 80.7 cm³/mol. The summed E-state index contributed by atoms with van der Waals surface area (Å²) in [6, 6.07) is 15.8.